The molecule has 0 unspecified atom stereocenters. The molecule has 0 amide bonds. The Kier molecular flexibility index (Phi) is 4.35. The van der Waals surface area contributed by atoms with Gasteiger partial charge in [-0.15, -0.1) is 0 Å². The number of ether oxygens (including phenoxy) is 1. The van der Waals surface area contributed by atoms with E-state index in [0.717, 1.165) is 11.1 Å². The van der Waals surface area contributed by atoms with Gasteiger partial charge in [0.1, 0.15) is 5.75 Å². The van der Waals surface area contributed by atoms with Crippen LogP contribution in [0.15, 0.2) is 23.3 Å². The molecule has 0 aliphatic rings. The lowest BCUT2D eigenvalue weighted by molar-refractivity contribution is 0.456. The molecule has 0 spiro atoms. The molecule has 6 heteroatoms. The number of aromatic amines is 1. The Bertz CT molecular complexity index is 696. The summed E-state index contributed by atoms with van der Waals surface area (Å²) < 4.78 is 5.64. The summed E-state index contributed by atoms with van der Waals surface area (Å²) >= 11 is 12.1. The second-order valence-electron chi connectivity index (χ2n) is 4.75. The molecule has 106 valence electrons. The van der Waals surface area contributed by atoms with E-state index in [9.17, 15) is 4.79 Å². The number of hydrogen-bond acceptors (Lipinski definition) is 3. The predicted molar refractivity (Wildman–Crippen MR) is 80.2 cm³/mol. The highest BCUT2D eigenvalue weighted by atomic mass is 35.5. The number of aryl methyl sites for hydroxylation is 1. The number of nitrogens with zero attached hydrogens (tertiary/aromatic N) is 1. The summed E-state index contributed by atoms with van der Waals surface area (Å²) in [7, 11) is 0. The summed E-state index contributed by atoms with van der Waals surface area (Å²) in [5.41, 5.74) is 1.37. The van der Waals surface area contributed by atoms with Gasteiger partial charge < -0.3 is 9.72 Å². The molecule has 0 bridgehead atoms. The molecule has 1 aromatic carbocycles. The van der Waals surface area contributed by atoms with Gasteiger partial charge in [0, 0.05) is 5.02 Å². The van der Waals surface area contributed by atoms with Crippen LogP contribution >= 0.6 is 23.2 Å². The number of rotatable bonds is 3. The number of aromatic nitrogens is 2. The van der Waals surface area contributed by atoms with Crippen LogP contribution < -0.4 is 10.3 Å². The first-order chi connectivity index (χ1) is 9.40. The molecule has 0 atom stereocenters. The molecule has 0 saturated carbocycles. The number of benzene rings is 1. The Morgan fingerprint density at radius 2 is 2.00 bits per heavy atom. The molecule has 0 aliphatic carbocycles. The lowest BCUT2D eigenvalue weighted by atomic mass is 10.0. The van der Waals surface area contributed by atoms with Gasteiger partial charge in [-0.25, -0.2) is 4.98 Å². The fourth-order valence-corrected chi connectivity index (χ4v) is 2.34. The minimum Gasteiger partial charge on any atom is -0.437 e. The van der Waals surface area contributed by atoms with Crippen molar-refractivity contribution in [2.45, 2.75) is 26.7 Å². The summed E-state index contributed by atoms with van der Waals surface area (Å²) in [6, 6.07) is 3.68. The largest absolute Gasteiger partial charge is 0.437 e. The highest BCUT2D eigenvalue weighted by molar-refractivity contribution is 6.32. The van der Waals surface area contributed by atoms with Gasteiger partial charge in [0.15, 0.2) is 5.02 Å². The normalized spacial score (nSPS) is 10.9. The fraction of sp³-hybridized carbons (Fsp3) is 0.286. The Balaban J connectivity index is 2.46. The van der Waals surface area contributed by atoms with Crippen molar-refractivity contribution < 1.29 is 4.74 Å². The van der Waals surface area contributed by atoms with Gasteiger partial charge in [-0.3, -0.25) is 4.79 Å². The maximum Gasteiger partial charge on any atom is 0.273 e. The van der Waals surface area contributed by atoms with Crippen molar-refractivity contribution >= 4 is 23.2 Å². The van der Waals surface area contributed by atoms with E-state index >= 15 is 0 Å². The van der Waals surface area contributed by atoms with Crippen LogP contribution in [0.3, 0.4) is 0 Å². The van der Waals surface area contributed by atoms with Crippen LogP contribution in [0, 0.1) is 6.92 Å². The standard InChI is InChI=1S/C14H14Cl2N2O2/c1-7(2)9-5-11(8(3)4-10(9)15)20-14-12(16)13(19)17-6-18-14/h4-7H,1-3H3,(H,17,18,19). The monoisotopic (exact) mass is 312 g/mol. The van der Waals surface area contributed by atoms with Gasteiger partial charge >= 0.3 is 0 Å². The van der Waals surface area contributed by atoms with Crippen LogP contribution in [0.2, 0.25) is 10.0 Å². The Hall–Kier alpha value is -1.52. The SMILES string of the molecule is Cc1cc(Cl)c(C(C)C)cc1Oc1nc[nH]c(=O)c1Cl. The third-order valence-electron chi connectivity index (χ3n) is 2.89. The van der Waals surface area contributed by atoms with Crippen molar-refractivity contribution in [2.75, 3.05) is 0 Å². The van der Waals surface area contributed by atoms with E-state index in [1.165, 1.54) is 6.33 Å². The van der Waals surface area contributed by atoms with Crippen molar-refractivity contribution in [1.82, 2.24) is 9.97 Å². The van der Waals surface area contributed by atoms with Crippen LogP contribution in [0.1, 0.15) is 30.9 Å². The van der Waals surface area contributed by atoms with Gasteiger partial charge in [0.05, 0.1) is 6.33 Å². The Morgan fingerprint density at radius 3 is 2.65 bits per heavy atom. The molecule has 2 aromatic rings. The fourth-order valence-electron chi connectivity index (χ4n) is 1.76. The summed E-state index contributed by atoms with van der Waals surface area (Å²) in [5.74, 6) is 0.918. The quantitative estimate of drug-likeness (QED) is 0.919. The zero-order valence-corrected chi connectivity index (χ0v) is 12.8. The molecule has 0 radical (unpaired) electrons. The first kappa shape index (κ1) is 14.9. The summed E-state index contributed by atoms with van der Waals surface area (Å²) in [5, 5.41) is 0.614. The Morgan fingerprint density at radius 1 is 1.30 bits per heavy atom. The molecule has 1 N–H and O–H groups in total. The average Bonchev–Trinajstić information content (AvgIpc) is 2.37. The first-order valence-corrected chi connectivity index (χ1v) is 6.86. The van der Waals surface area contributed by atoms with E-state index in [1.54, 1.807) is 0 Å². The molecular weight excluding hydrogens is 299 g/mol. The lowest BCUT2D eigenvalue weighted by Crippen LogP contribution is -2.08. The summed E-state index contributed by atoms with van der Waals surface area (Å²) in [4.78, 5) is 17.7. The van der Waals surface area contributed by atoms with E-state index in [4.69, 9.17) is 27.9 Å². The first-order valence-electron chi connectivity index (χ1n) is 6.11. The summed E-state index contributed by atoms with van der Waals surface area (Å²) in [6.45, 7) is 5.95. The molecule has 20 heavy (non-hydrogen) atoms. The smallest absolute Gasteiger partial charge is 0.273 e. The van der Waals surface area contributed by atoms with Crippen LogP contribution in [0.25, 0.3) is 0 Å². The van der Waals surface area contributed by atoms with E-state index in [2.05, 4.69) is 9.97 Å². The van der Waals surface area contributed by atoms with Crippen LogP contribution in [-0.4, -0.2) is 9.97 Å². The number of nitrogens with one attached hydrogen (secondary N) is 1. The molecule has 0 aliphatic heterocycles. The zero-order valence-electron chi connectivity index (χ0n) is 11.3. The summed E-state index contributed by atoms with van der Waals surface area (Å²) in [6.07, 6.45) is 1.25. The van der Waals surface area contributed by atoms with Gasteiger partial charge in [-0.1, -0.05) is 37.0 Å². The predicted octanol–water partition coefficient (Wildman–Crippen LogP) is 4.30. The van der Waals surface area contributed by atoms with Crippen molar-refractivity contribution in [3.8, 4) is 11.6 Å². The third kappa shape index (κ3) is 2.97. The zero-order chi connectivity index (χ0) is 14.9. The topological polar surface area (TPSA) is 55.0 Å². The second-order valence-corrected chi connectivity index (χ2v) is 5.53. The highest BCUT2D eigenvalue weighted by Crippen LogP contribution is 2.34. The van der Waals surface area contributed by atoms with Crippen LogP contribution in [-0.2, 0) is 0 Å². The van der Waals surface area contributed by atoms with E-state index in [1.807, 2.05) is 32.9 Å². The van der Waals surface area contributed by atoms with Gasteiger partial charge in [0.25, 0.3) is 5.56 Å². The van der Waals surface area contributed by atoms with Crippen molar-refractivity contribution in [3.05, 3.63) is 50.0 Å². The average molecular weight is 313 g/mol. The van der Waals surface area contributed by atoms with Gasteiger partial charge in [-0.05, 0) is 36.1 Å². The van der Waals surface area contributed by atoms with Crippen LogP contribution in [0.5, 0.6) is 11.6 Å². The minimum absolute atomic E-state index is 0.0760. The number of H-pyrrole nitrogens is 1. The number of hydrogen-bond donors (Lipinski definition) is 1. The third-order valence-corrected chi connectivity index (χ3v) is 3.55. The van der Waals surface area contributed by atoms with E-state index in [0.29, 0.717) is 10.8 Å². The molecule has 4 nitrogen and oxygen atoms in total. The highest BCUT2D eigenvalue weighted by Gasteiger charge is 2.13. The second kappa shape index (κ2) is 5.85. The van der Waals surface area contributed by atoms with Crippen molar-refractivity contribution in [1.29, 1.82) is 0 Å². The molecule has 1 aromatic heterocycles. The van der Waals surface area contributed by atoms with Crippen LogP contribution in [0.4, 0.5) is 0 Å². The minimum atomic E-state index is -0.438. The molecular formula is C14H14Cl2N2O2. The van der Waals surface area contributed by atoms with Gasteiger partial charge in [-0.2, -0.15) is 0 Å². The van der Waals surface area contributed by atoms with Crippen molar-refractivity contribution in [2.24, 2.45) is 0 Å². The molecule has 0 fully saturated rings. The molecule has 1 heterocycles. The lowest BCUT2D eigenvalue weighted by Gasteiger charge is -2.14. The maximum atomic E-state index is 11.4. The number of halogens is 2. The molecule has 2 rings (SSSR count). The Labute approximate surface area is 126 Å². The van der Waals surface area contributed by atoms with Gasteiger partial charge in [0.2, 0.25) is 5.88 Å². The van der Waals surface area contributed by atoms with E-state index in [-0.39, 0.29) is 16.8 Å². The van der Waals surface area contributed by atoms with Crippen molar-refractivity contribution in [3.63, 3.8) is 0 Å². The van der Waals surface area contributed by atoms with E-state index < -0.39 is 5.56 Å². The molecule has 0 saturated heterocycles. The maximum absolute atomic E-state index is 11.4.